The molecular weight excluding hydrogens is 361 g/mol. The highest BCUT2D eigenvalue weighted by Crippen LogP contribution is 2.30. The minimum atomic E-state index is -4.41. The van der Waals surface area contributed by atoms with Crippen LogP contribution in [-0.2, 0) is 15.8 Å². The van der Waals surface area contributed by atoms with E-state index in [9.17, 15) is 22.8 Å². The van der Waals surface area contributed by atoms with Crippen LogP contribution in [-0.4, -0.2) is 41.0 Å². The second-order valence-electron chi connectivity index (χ2n) is 5.89. The molecule has 9 heteroatoms. The molecule has 1 atom stereocenters. The number of hydrogen-bond acceptors (Lipinski definition) is 3. The number of halogens is 4. The Labute approximate surface area is 149 Å². The Bertz CT molecular complexity index is 600. The highest BCUT2D eigenvalue weighted by Gasteiger charge is 2.31. The van der Waals surface area contributed by atoms with E-state index in [1.807, 2.05) is 4.90 Å². The zero-order valence-electron chi connectivity index (χ0n) is 13.5. The quantitative estimate of drug-likeness (QED) is 0.841. The van der Waals surface area contributed by atoms with Crippen molar-refractivity contribution in [2.24, 2.45) is 5.92 Å². The minimum absolute atomic E-state index is 0. The molecule has 1 heterocycles. The van der Waals surface area contributed by atoms with Gasteiger partial charge in [0.05, 0.1) is 17.5 Å². The van der Waals surface area contributed by atoms with Crippen molar-refractivity contribution >= 4 is 30.0 Å². The smallest absolute Gasteiger partial charge is 0.416 e. The lowest BCUT2D eigenvalue weighted by atomic mass is 9.96. The Hall–Kier alpha value is -1.80. The van der Waals surface area contributed by atoms with Crippen LogP contribution >= 0.6 is 12.4 Å². The summed E-state index contributed by atoms with van der Waals surface area (Å²) >= 11 is 0. The van der Waals surface area contributed by atoms with Crippen molar-refractivity contribution in [2.45, 2.75) is 32.0 Å². The van der Waals surface area contributed by atoms with Gasteiger partial charge in [0.1, 0.15) is 0 Å². The molecule has 2 N–H and O–H groups in total. The maximum absolute atomic E-state index is 12.5. The third kappa shape index (κ3) is 5.61. The number of carboxylic acid groups (broad SMARTS) is 1. The third-order valence-corrected chi connectivity index (χ3v) is 4.29. The second-order valence-corrected chi connectivity index (χ2v) is 5.89. The molecule has 2 rings (SSSR count). The van der Waals surface area contributed by atoms with Crippen LogP contribution in [0.2, 0.25) is 0 Å². The number of alkyl halides is 3. The predicted octanol–water partition coefficient (Wildman–Crippen LogP) is 3.25. The van der Waals surface area contributed by atoms with Gasteiger partial charge < -0.3 is 10.4 Å². The number of likely N-dealkylation sites (tertiary alicyclic amines) is 1. The lowest BCUT2D eigenvalue weighted by Gasteiger charge is -2.33. The summed E-state index contributed by atoms with van der Waals surface area (Å²) in [6.07, 6.45) is -3.45. The van der Waals surface area contributed by atoms with Crippen LogP contribution in [0, 0.1) is 5.92 Å². The average molecular weight is 381 g/mol. The molecule has 0 bridgehead atoms. The van der Waals surface area contributed by atoms with Crippen molar-refractivity contribution in [3.63, 3.8) is 0 Å². The maximum Gasteiger partial charge on any atom is 0.416 e. The molecule has 140 valence electrons. The normalized spacial score (nSPS) is 17.4. The highest BCUT2D eigenvalue weighted by molar-refractivity contribution is 5.94. The molecule has 1 aromatic rings. The number of carbonyl (C=O) groups is 2. The molecule has 1 aliphatic rings. The third-order valence-electron chi connectivity index (χ3n) is 4.29. The van der Waals surface area contributed by atoms with Crippen molar-refractivity contribution in [2.75, 3.05) is 18.4 Å². The van der Waals surface area contributed by atoms with Gasteiger partial charge in [-0.15, -0.1) is 12.4 Å². The Morgan fingerprint density at radius 3 is 2.16 bits per heavy atom. The van der Waals surface area contributed by atoms with Gasteiger partial charge in [0.2, 0.25) is 5.91 Å². The van der Waals surface area contributed by atoms with Gasteiger partial charge >= 0.3 is 12.1 Å². The van der Waals surface area contributed by atoms with Gasteiger partial charge in [0, 0.05) is 5.69 Å². The Balaban J connectivity index is 0.00000312. The van der Waals surface area contributed by atoms with E-state index in [1.165, 1.54) is 12.1 Å². The predicted molar refractivity (Wildman–Crippen MR) is 88.7 cm³/mol. The molecule has 0 spiro atoms. The zero-order chi connectivity index (χ0) is 17.9. The summed E-state index contributed by atoms with van der Waals surface area (Å²) in [7, 11) is 0. The molecule has 0 saturated carbocycles. The number of nitrogens with zero attached hydrogens (tertiary/aromatic N) is 1. The van der Waals surface area contributed by atoms with Crippen LogP contribution < -0.4 is 5.32 Å². The van der Waals surface area contributed by atoms with E-state index in [4.69, 9.17) is 5.11 Å². The number of carbonyl (C=O) groups excluding carboxylic acids is 1. The van der Waals surface area contributed by atoms with E-state index in [-0.39, 0.29) is 24.2 Å². The number of anilines is 1. The molecule has 1 fully saturated rings. The summed E-state index contributed by atoms with van der Waals surface area (Å²) in [5.41, 5.74) is -0.482. The SMILES string of the molecule is CC(C(=O)Nc1ccc(C(F)(F)F)cc1)N1CCC(C(=O)O)CC1.Cl. The fraction of sp³-hybridized carbons (Fsp3) is 0.500. The van der Waals surface area contributed by atoms with E-state index in [0.29, 0.717) is 31.6 Å². The molecular formula is C16H20ClF3N2O3. The van der Waals surface area contributed by atoms with Crippen LogP contribution in [0.25, 0.3) is 0 Å². The van der Waals surface area contributed by atoms with Crippen LogP contribution in [0.3, 0.4) is 0 Å². The van der Waals surface area contributed by atoms with Gasteiger partial charge in [0.15, 0.2) is 0 Å². The molecule has 1 aromatic carbocycles. The monoisotopic (exact) mass is 380 g/mol. The fourth-order valence-electron chi connectivity index (χ4n) is 2.69. The first-order chi connectivity index (χ1) is 11.2. The lowest BCUT2D eigenvalue weighted by molar-refractivity contribution is -0.143. The van der Waals surface area contributed by atoms with Gasteiger partial charge in [-0.1, -0.05) is 0 Å². The standard InChI is InChI=1S/C16H19F3N2O3.ClH/c1-10(21-8-6-11(7-9-21)15(23)24)14(22)20-13-4-2-12(3-5-13)16(17,18)19;/h2-5,10-11H,6-9H2,1H3,(H,20,22)(H,23,24);1H. The van der Waals surface area contributed by atoms with Crippen molar-refractivity contribution in [3.05, 3.63) is 29.8 Å². The summed E-state index contributed by atoms with van der Waals surface area (Å²) < 4.78 is 37.5. The van der Waals surface area contributed by atoms with Crippen LogP contribution in [0.5, 0.6) is 0 Å². The first-order valence-electron chi connectivity index (χ1n) is 7.63. The van der Waals surface area contributed by atoms with Crippen molar-refractivity contribution in [1.29, 1.82) is 0 Å². The number of amides is 1. The summed E-state index contributed by atoms with van der Waals surface area (Å²) in [4.78, 5) is 25.0. The van der Waals surface area contributed by atoms with E-state index in [1.54, 1.807) is 6.92 Å². The van der Waals surface area contributed by atoms with Gasteiger partial charge in [-0.2, -0.15) is 13.2 Å². The molecule has 0 aromatic heterocycles. The molecule has 25 heavy (non-hydrogen) atoms. The number of rotatable bonds is 4. The number of aliphatic carboxylic acids is 1. The number of hydrogen-bond donors (Lipinski definition) is 2. The molecule has 1 unspecified atom stereocenters. The first kappa shape index (κ1) is 21.2. The molecule has 1 amide bonds. The number of benzene rings is 1. The van der Waals surface area contributed by atoms with Gasteiger partial charge in [-0.05, 0) is 57.1 Å². The summed E-state index contributed by atoms with van der Waals surface area (Å²) in [5, 5.41) is 11.6. The number of nitrogens with one attached hydrogen (secondary N) is 1. The zero-order valence-corrected chi connectivity index (χ0v) is 14.4. The van der Waals surface area contributed by atoms with Gasteiger partial charge in [0.25, 0.3) is 0 Å². The second kappa shape index (κ2) is 8.53. The summed E-state index contributed by atoms with van der Waals surface area (Å²) in [5.74, 6) is -1.54. The Morgan fingerprint density at radius 1 is 1.20 bits per heavy atom. The van der Waals surface area contributed by atoms with Crippen molar-refractivity contribution in [1.82, 2.24) is 4.90 Å². The van der Waals surface area contributed by atoms with Gasteiger partial charge in [-0.3, -0.25) is 14.5 Å². The molecule has 1 saturated heterocycles. The molecule has 0 aliphatic carbocycles. The van der Waals surface area contributed by atoms with Crippen LogP contribution in [0.4, 0.5) is 18.9 Å². The molecule has 1 aliphatic heterocycles. The number of piperidine rings is 1. The molecule has 0 radical (unpaired) electrons. The van der Waals surface area contributed by atoms with E-state index >= 15 is 0 Å². The van der Waals surface area contributed by atoms with Crippen molar-refractivity contribution in [3.8, 4) is 0 Å². The van der Waals surface area contributed by atoms with Gasteiger partial charge in [-0.25, -0.2) is 0 Å². The highest BCUT2D eigenvalue weighted by atomic mass is 35.5. The largest absolute Gasteiger partial charge is 0.481 e. The van der Waals surface area contributed by atoms with Crippen molar-refractivity contribution < 1.29 is 27.9 Å². The topological polar surface area (TPSA) is 69.6 Å². The minimum Gasteiger partial charge on any atom is -0.481 e. The Morgan fingerprint density at radius 2 is 1.72 bits per heavy atom. The van der Waals surface area contributed by atoms with E-state index in [2.05, 4.69) is 5.32 Å². The summed E-state index contributed by atoms with van der Waals surface area (Å²) in [6, 6.07) is 3.77. The number of carboxylic acids is 1. The maximum atomic E-state index is 12.5. The van der Waals surface area contributed by atoms with E-state index in [0.717, 1.165) is 12.1 Å². The first-order valence-corrected chi connectivity index (χ1v) is 7.63. The summed E-state index contributed by atoms with van der Waals surface area (Å²) in [6.45, 7) is 2.69. The fourth-order valence-corrected chi connectivity index (χ4v) is 2.69. The van der Waals surface area contributed by atoms with Crippen LogP contribution in [0.1, 0.15) is 25.3 Å². The molecule has 5 nitrogen and oxygen atoms in total. The average Bonchev–Trinajstić information content (AvgIpc) is 2.54. The van der Waals surface area contributed by atoms with Crippen LogP contribution in [0.15, 0.2) is 24.3 Å². The lowest BCUT2D eigenvalue weighted by Crippen LogP contribution is -2.46. The Kier molecular flexibility index (Phi) is 7.25. The van der Waals surface area contributed by atoms with E-state index < -0.39 is 23.8 Å².